The Bertz CT molecular complexity index is 911. The van der Waals surface area contributed by atoms with Crippen molar-refractivity contribution in [2.75, 3.05) is 18.4 Å². The van der Waals surface area contributed by atoms with Gasteiger partial charge in [0, 0.05) is 36.6 Å². The Morgan fingerprint density at radius 1 is 1.04 bits per heavy atom. The molecule has 0 aliphatic carbocycles. The zero-order valence-electron chi connectivity index (χ0n) is 16.6. The molecule has 0 radical (unpaired) electrons. The summed E-state index contributed by atoms with van der Waals surface area (Å²) in [7, 11) is 0. The van der Waals surface area contributed by atoms with Crippen LogP contribution in [0, 0.1) is 13.8 Å². The third-order valence-corrected chi connectivity index (χ3v) is 5.38. The van der Waals surface area contributed by atoms with E-state index in [1.807, 2.05) is 25.1 Å². The second kappa shape index (κ2) is 8.48. The number of likely N-dealkylation sites (tertiary alicyclic amines) is 1. The van der Waals surface area contributed by atoms with E-state index < -0.39 is 0 Å². The standard InChI is InChI=1S/C23H27N5/c1-17-18(2)25-23(21-12-6-7-13-24-21)27-22(17)26-20-11-8-14-28(16-20)15-19-9-4-3-5-10-19/h3-7,9-10,12-13,20H,8,11,14-16H2,1-2H3,(H,25,26,27). The molecule has 1 aliphatic heterocycles. The minimum absolute atomic E-state index is 0.391. The lowest BCUT2D eigenvalue weighted by Gasteiger charge is -2.33. The molecule has 0 saturated carbocycles. The van der Waals surface area contributed by atoms with Crippen LogP contribution in [-0.4, -0.2) is 39.0 Å². The molecule has 1 atom stereocenters. The molecular formula is C23H27N5. The van der Waals surface area contributed by atoms with E-state index in [0.717, 1.165) is 48.8 Å². The zero-order valence-corrected chi connectivity index (χ0v) is 16.6. The molecule has 1 saturated heterocycles. The summed E-state index contributed by atoms with van der Waals surface area (Å²) >= 11 is 0. The van der Waals surface area contributed by atoms with Crippen LogP contribution in [0.1, 0.15) is 29.7 Å². The van der Waals surface area contributed by atoms with Gasteiger partial charge in [0.15, 0.2) is 5.82 Å². The van der Waals surface area contributed by atoms with Crippen molar-refractivity contribution in [3.63, 3.8) is 0 Å². The fourth-order valence-electron chi connectivity index (χ4n) is 3.73. The van der Waals surface area contributed by atoms with Crippen LogP contribution >= 0.6 is 0 Å². The molecule has 1 N–H and O–H groups in total. The van der Waals surface area contributed by atoms with Gasteiger partial charge in [-0.25, -0.2) is 9.97 Å². The fourth-order valence-corrected chi connectivity index (χ4v) is 3.73. The van der Waals surface area contributed by atoms with Gasteiger partial charge in [-0.05, 0) is 50.9 Å². The van der Waals surface area contributed by atoms with Gasteiger partial charge in [0.1, 0.15) is 11.5 Å². The van der Waals surface area contributed by atoms with E-state index in [2.05, 4.69) is 57.4 Å². The molecule has 0 bridgehead atoms. The quantitative estimate of drug-likeness (QED) is 0.725. The van der Waals surface area contributed by atoms with Crippen molar-refractivity contribution in [2.24, 2.45) is 0 Å². The normalized spacial score (nSPS) is 17.4. The van der Waals surface area contributed by atoms with Gasteiger partial charge in [0.25, 0.3) is 0 Å². The molecule has 3 aromatic rings. The Kier molecular flexibility index (Phi) is 5.63. The number of piperidine rings is 1. The number of nitrogens with zero attached hydrogens (tertiary/aromatic N) is 4. The zero-order chi connectivity index (χ0) is 19.3. The van der Waals surface area contributed by atoms with Gasteiger partial charge in [-0.1, -0.05) is 36.4 Å². The van der Waals surface area contributed by atoms with Crippen LogP contribution in [0.5, 0.6) is 0 Å². The van der Waals surface area contributed by atoms with E-state index in [4.69, 9.17) is 4.98 Å². The first-order chi connectivity index (χ1) is 13.7. The number of aromatic nitrogens is 3. The SMILES string of the molecule is Cc1nc(-c2ccccn2)nc(NC2CCCN(Cc3ccccc3)C2)c1C. The molecule has 28 heavy (non-hydrogen) atoms. The van der Waals surface area contributed by atoms with Crippen molar-refractivity contribution in [3.05, 3.63) is 71.5 Å². The van der Waals surface area contributed by atoms with E-state index in [0.29, 0.717) is 11.9 Å². The maximum atomic E-state index is 4.80. The monoisotopic (exact) mass is 373 g/mol. The maximum Gasteiger partial charge on any atom is 0.180 e. The van der Waals surface area contributed by atoms with Crippen LogP contribution in [-0.2, 0) is 6.54 Å². The van der Waals surface area contributed by atoms with Crippen molar-refractivity contribution >= 4 is 5.82 Å². The summed E-state index contributed by atoms with van der Waals surface area (Å²) < 4.78 is 0. The average molecular weight is 374 g/mol. The van der Waals surface area contributed by atoms with Crippen LogP contribution in [0.2, 0.25) is 0 Å². The van der Waals surface area contributed by atoms with Crippen molar-refractivity contribution in [3.8, 4) is 11.5 Å². The summed E-state index contributed by atoms with van der Waals surface area (Å²) in [6.45, 7) is 7.30. The number of nitrogens with one attached hydrogen (secondary N) is 1. The van der Waals surface area contributed by atoms with Gasteiger partial charge >= 0.3 is 0 Å². The molecule has 0 spiro atoms. The van der Waals surface area contributed by atoms with Crippen molar-refractivity contribution in [2.45, 2.75) is 39.3 Å². The third-order valence-electron chi connectivity index (χ3n) is 5.38. The number of pyridine rings is 1. The minimum atomic E-state index is 0.391. The van der Waals surface area contributed by atoms with E-state index in [1.165, 1.54) is 12.0 Å². The molecule has 144 valence electrons. The summed E-state index contributed by atoms with van der Waals surface area (Å²) in [6.07, 6.45) is 4.14. The van der Waals surface area contributed by atoms with Crippen LogP contribution in [0.25, 0.3) is 11.5 Å². The van der Waals surface area contributed by atoms with Crippen LogP contribution in [0.4, 0.5) is 5.82 Å². The summed E-state index contributed by atoms with van der Waals surface area (Å²) in [4.78, 5) is 16.4. The molecule has 4 rings (SSSR count). The van der Waals surface area contributed by atoms with E-state index in [1.54, 1.807) is 6.20 Å². The Balaban J connectivity index is 1.49. The lowest BCUT2D eigenvalue weighted by atomic mass is 10.0. The Labute approximate surface area is 166 Å². The highest BCUT2D eigenvalue weighted by molar-refractivity contribution is 5.56. The van der Waals surface area contributed by atoms with Gasteiger partial charge in [0.2, 0.25) is 0 Å². The van der Waals surface area contributed by atoms with Gasteiger partial charge in [-0.15, -0.1) is 0 Å². The lowest BCUT2D eigenvalue weighted by molar-refractivity contribution is 0.208. The molecular weight excluding hydrogens is 346 g/mol. The third kappa shape index (κ3) is 4.37. The van der Waals surface area contributed by atoms with Gasteiger partial charge in [-0.2, -0.15) is 0 Å². The number of hydrogen-bond acceptors (Lipinski definition) is 5. The molecule has 1 unspecified atom stereocenters. The summed E-state index contributed by atoms with van der Waals surface area (Å²) in [5, 5.41) is 3.70. The number of anilines is 1. The number of aryl methyl sites for hydroxylation is 1. The molecule has 1 fully saturated rings. The lowest BCUT2D eigenvalue weighted by Crippen LogP contribution is -2.41. The van der Waals surface area contributed by atoms with E-state index in [9.17, 15) is 0 Å². The molecule has 1 aromatic carbocycles. The van der Waals surface area contributed by atoms with Crippen molar-refractivity contribution in [1.82, 2.24) is 19.9 Å². The maximum absolute atomic E-state index is 4.80. The summed E-state index contributed by atoms with van der Waals surface area (Å²) in [5.41, 5.74) is 4.28. The van der Waals surface area contributed by atoms with Crippen LogP contribution < -0.4 is 5.32 Å². The molecule has 2 aromatic heterocycles. The van der Waals surface area contributed by atoms with Gasteiger partial charge in [0.05, 0.1) is 0 Å². The summed E-state index contributed by atoms with van der Waals surface area (Å²) in [5.74, 6) is 1.61. The van der Waals surface area contributed by atoms with Crippen molar-refractivity contribution in [1.29, 1.82) is 0 Å². The summed E-state index contributed by atoms with van der Waals surface area (Å²) in [6, 6.07) is 16.9. The molecule has 5 heteroatoms. The Morgan fingerprint density at radius 2 is 1.86 bits per heavy atom. The van der Waals surface area contributed by atoms with E-state index >= 15 is 0 Å². The molecule has 5 nitrogen and oxygen atoms in total. The van der Waals surface area contributed by atoms with Crippen LogP contribution in [0.15, 0.2) is 54.7 Å². The van der Waals surface area contributed by atoms with E-state index in [-0.39, 0.29) is 0 Å². The Morgan fingerprint density at radius 3 is 2.64 bits per heavy atom. The predicted octanol–water partition coefficient (Wildman–Crippen LogP) is 4.23. The van der Waals surface area contributed by atoms with Gasteiger partial charge in [-0.3, -0.25) is 9.88 Å². The molecule has 3 heterocycles. The molecule has 1 aliphatic rings. The second-order valence-electron chi connectivity index (χ2n) is 7.53. The first-order valence-corrected chi connectivity index (χ1v) is 9.98. The predicted molar refractivity (Wildman–Crippen MR) is 113 cm³/mol. The second-order valence-corrected chi connectivity index (χ2v) is 7.53. The topological polar surface area (TPSA) is 53.9 Å². The largest absolute Gasteiger partial charge is 0.366 e. The van der Waals surface area contributed by atoms with Crippen LogP contribution in [0.3, 0.4) is 0 Å². The number of rotatable bonds is 5. The first-order valence-electron chi connectivity index (χ1n) is 9.98. The highest BCUT2D eigenvalue weighted by Gasteiger charge is 2.21. The number of benzene rings is 1. The first kappa shape index (κ1) is 18.6. The molecule has 0 amide bonds. The fraction of sp³-hybridized carbons (Fsp3) is 0.348. The Hall–Kier alpha value is -2.79. The number of hydrogen-bond donors (Lipinski definition) is 1. The average Bonchev–Trinajstić information content (AvgIpc) is 2.73. The highest BCUT2D eigenvalue weighted by atomic mass is 15.2. The highest BCUT2D eigenvalue weighted by Crippen LogP contribution is 2.23. The van der Waals surface area contributed by atoms with Gasteiger partial charge < -0.3 is 5.32 Å². The smallest absolute Gasteiger partial charge is 0.180 e. The van der Waals surface area contributed by atoms with Crippen molar-refractivity contribution < 1.29 is 0 Å². The minimum Gasteiger partial charge on any atom is -0.366 e.